The Bertz CT molecular complexity index is 582. The third-order valence-corrected chi connectivity index (χ3v) is 4.99. The maximum Gasteiger partial charge on any atom is 0.267 e. The largest absolute Gasteiger partial charge is 0.333 e. The Morgan fingerprint density at radius 3 is 2.26 bits per heavy atom. The molecule has 2 aliphatic heterocycles. The smallest absolute Gasteiger partial charge is 0.267 e. The fraction of sp³-hybridized carbons (Fsp3) is 0.667. The molecule has 0 unspecified atom stereocenters. The van der Waals surface area contributed by atoms with E-state index in [4.69, 9.17) is 21.2 Å². The van der Waals surface area contributed by atoms with Crippen LogP contribution >= 0.6 is 11.6 Å². The van der Waals surface area contributed by atoms with Crippen molar-refractivity contribution in [2.24, 2.45) is 0 Å². The van der Waals surface area contributed by atoms with E-state index in [1.54, 1.807) is 0 Å². The van der Waals surface area contributed by atoms with Crippen LogP contribution in [0, 0.1) is 0 Å². The predicted molar refractivity (Wildman–Crippen MR) is 92.0 cm³/mol. The topological polar surface area (TPSA) is 33.7 Å². The van der Waals surface area contributed by atoms with Crippen molar-refractivity contribution < 1.29 is 9.57 Å². The van der Waals surface area contributed by atoms with Gasteiger partial charge in [0.25, 0.3) is 5.91 Å². The van der Waals surface area contributed by atoms with Crippen molar-refractivity contribution in [2.45, 2.75) is 69.4 Å². The average Bonchev–Trinajstić information content (AvgIpc) is 2.86. The molecule has 0 saturated carbocycles. The molecular weight excluding hydrogens is 312 g/mol. The van der Waals surface area contributed by atoms with Crippen LogP contribution in [0.2, 0.25) is 0 Å². The summed E-state index contributed by atoms with van der Waals surface area (Å²) in [5, 5.41) is 5.46. The highest BCUT2D eigenvalue weighted by Gasteiger charge is 2.69. The van der Waals surface area contributed by atoms with Crippen molar-refractivity contribution in [3.05, 3.63) is 35.9 Å². The zero-order chi connectivity index (χ0) is 17.1. The zero-order valence-electron chi connectivity index (χ0n) is 14.8. The number of rotatable bonds is 1. The zero-order valence-corrected chi connectivity index (χ0v) is 15.6. The van der Waals surface area contributed by atoms with Gasteiger partial charge >= 0.3 is 0 Å². The molecule has 2 fully saturated rings. The van der Waals surface area contributed by atoms with Crippen LogP contribution in [0.5, 0.6) is 0 Å². The maximum atomic E-state index is 7.11. The number of hydrogen-bond acceptors (Lipinski definition) is 4. The Labute approximate surface area is 144 Å². The number of nitrogens with one attached hydrogen (secondary N) is 1. The van der Waals surface area contributed by atoms with Crippen LogP contribution in [0.15, 0.2) is 30.3 Å². The summed E-state index contributed by atoms with van der Waals surface area (Å²) in [6.07, 6.45) is 0. The van der Waals surface area contributed by atoms with Crippen molar-refractivity contribution >= 4 is 11.6 Å². The molecule has 3 atom stereocenters. The molecule has 2 aliphatic rings. The second kappa shape index (κ2) is 5.17. The number of hydrogen-bond donors (Lipinski definition) is 1. The highest BCUT2D eigenvalue weighted by atomic mass is 35.5. The number of hydroxylamine groups is 2. The Balaban J connectivity index is 2.09. The lowest BCUT2D eigenvalue weighted by Crippen LogP contribution is -2.59. The number of ether oxygens (including phenoxy) is 1. The maximum absolute atomic E-state index is 7.11. The van der Waals surface area contributed by atoms with Crippen LogP contribution in [0.4, 0.5) is 0 Å². The first kappa shape index (κ1) is 17.2. The first-order valence-electron chi connectivity index (χ1n) is 8.14. The van der Waals surface area contributed by atoms with Gasteiger partial charge in [-0.15, -0.1) is 11.6 Å². The van der Waals surface area contributed by atoms with Gasteiger partial charge in [-0.2, -0.15) is 5.06 Å². The molecule has 128 valence electrons. The average molecular weight is 339 g/mol. The van der Waals surface area contributed by atoms with Crippen LogP contribution in [-0.2, 0) is 9.57 Å². The standard InChI is InChI=1S/C18H27ClN2O2/c1-15(2,3)21-14(13-10-8-7-9-11-13)17(6,19)18(23-21)20-16(4,5)12-22-18/h7-11,14,20H,12H2,1-6H3/t14-,17+,18-/m0/s1. The summed E-state index contributed by atoms with van der Waals surface area (Å²) in [4.78, 5) is 5.58. The van der Waals surface area contributed by atoms with Crippen molar-refractivity contribution in [3.8, 4) is 0 Å². The molecule has 23 heavy (non-hydrogen) atoms. The molecule has 1 spiro atoms. The van der Waals surface area contributed by atoms with E-state index >= 15 is 0 Å². The van der Waals surface area contributed by atoms with Crippen LogP contribution in [0.1, 0.15) is 53.1 Å². The van der Waals surface area contributed by atoms with Gasteiger partial charge in [-0.1, -0.05) is 30.3 Å². The number of halogens is 1. The van der Waals surface area contributed by atoms with Crippen LogP contribution in [0.3, 0.4) is 0 Å². The van der Waals surface area contributed by atoms with E-state index in [-0.39, 0.29) is 17.1 Å². The molecule has 4 nitrogen and oxygen atoms in total. The van der Waals surface area contributed by atoms with Crippen LogP contribution in [-0.4, -0.2) is 33.5 Å². The van der Waals surface area contributed by atoms with Gasteiger partial charge in [-0.05, 0) is 47.1 Å². The van der Waals surface area contributed by atoms with Gasteiger partial charge in [-0.3, -0.25) is 5.32 Å². The van der Waals surface area contributed by atoms with Gasteiger partial charge in [0.2, 0.25) is 0 Å². The lowest BCUT2D eigenvalue weighted by molar-refractivity contribution is -0.325. The molecule has 1 aromatic rings. The minimum absolute atomic E-state index is 0.133. The second-order valence-electron chi connectivity index (χ2n) is 8.39. The summed E-state index contributed by atoms with van der Waals surface area (Å²) in [7, 11) is 0. The molecule has 3 rings (SSSR count). The van der Waals surface area contributed by atoms with Gasteiger partial charge in [0.1, 0.15) is 4.87 Å². The number of benzene rings is 1. The van der Waals surface area contributed by atoms with Gasteiger partial charge in [-0.25, -0.2) is 4.84 Å². The monoisotopic (exact) mass is 338 g/mol. The molecule has 1 N–H and O–H groups in total. The van der Waals surface area contributed by atoms with E-state index in [0.717, 1.165) is 5.56 Å². The molecular formula is C18H27ClN2O2. The minimum atomic E-state index is -1.04. The molecule has 0 amide bonds. The summed E-state index contributed by atoms with van der Waals surface area (Å²) in [5.41, 5.74) is 0.704. The van der Waals surface area contributed by atoms with Crippen LogP contribution < -0.4 is 5.32 Å². The van der Waals surface area contributed by atoms with Gasteiger partial charge in [0, 0.05) is 11.1 Å². The summed E-state index contributed by atoms with van der Waals surface area (Å²) < 4.78 is 6.10. The van der Waals surface area contributed by atoms with E-state index in [9.17, 15) is 0 Å². The SMILES string of the molecule is CC1(C)CO[C@]2(N1)ON(C(C)(C)C)[C@@H](c1ccccc1)[C@@]2(C)Cl. The lowest BCUT2D eigenvalue weighted by atomic mass is 9.89. The first-order chi connectivity index (χ1) is 10.5. The summed E-state index contributed by atoms with van der Waals surface area (Å²) in [5.74, 6) is -1.04. The molecule has 0 radical (unpaired) electrons. The predicted octanol–water partition coefficient (Wildman–Crippen LogP) is 3.82. The van der Waals surface area contributed by atoms with Gasteiger partial charge < -0.3 is 4.74 Å². The van der Waals surface area contributed by atoms with E-state index in [2.05, 4.69) is 52.1 Å². The summed E-state index contributed by atoms with van der Waals surface area (Å²) >= 11 is 7.11. The first-order valence-corrected chi connectivity index (χ1v) is 8.52. The molecule has 5 heteroatoms. The molecule has 0 bridgehead atoms. The highest BCUT2D eigenvalue weighted by Crippen LogP contribution is 2.56. The van der Waals surface area contributed by atoms with E-state index in [0.29, 0.717) is 6.61 Å². The molecule has 0 aromatic heterocycles. The third-order valence-electron chi connectivity index (χ3n) is 4.53. The normalized spacial score (nSPS) is 37.6. The van der Waals surface area contributed by atoms with Crippen molar-refractivity contribution in [3.63, 3.8) is 0 Å². The molecule has 1 aromatic carbocycles. The minimum Gasteiger partial charge on any atom is -0.333 e. The van der Waals surface area contributed by atoms with Crippen molar-refractivity contribution in [1.82, 2.24) is 10.4 Å². The second-order valence-corrected chi connectivity index (χ2v) is 9.18. The van der Waals surface area contributed by atoms with Gasteiger partial charge in [0.15, 0.2) is 0 Å². The summed E-state index contributed by atoms with van der Waals surface area (Å²) in [6, 6.07) is 10.1. The third kappa shape index (κ3) is 2.71. The Morgan fingerprint density at radius 1 is 1.17 bits per heavy atom. The molecule has 0 aliphatic carbocycles. The van der Waals surface area contributed by atoms with Crippen molar-refractivity contribution in [2.75, 3.05) is 6.61 Å². The van der Waals surface area contributed by atoms with E-state index in [1.807, 2.05) is 30.2 Å². The van der Waals surface area contributed by atoms with E-state index < -0.39 is 10.8 Å². The Kier molecular flexibility index (Phi) is 3.86. The highest BCUT2D eigenvalue weighted by molar-refractivity contribution is 6.25. The fourth-order valence-corrected chi connectivity index (χ4v) is 3.75. The fourth-order valence-electron chi connectivity index (χ4n) is 3.40. The molecule has 2 heterocycles. The van der Waals surface area contributed by atoms with Crippen molar-refractivity contribution in [1.29, 1.82) is 0 Å². The number of alkyl halides is 1. The quantitative estimate of drug-likeness (QED) is 0.789. The summed E-state index contributed by atoms with van der Waals surface area (Å²) in [6.45, 7) is 13.1. The van der Waals surface area contributed by atoms with Gasteiger partial charge in [0.05, 0.1) is 12.6 Å². The van der Waals surface area contributed by atoms with Crippen LogP contribution in [0.25, 0.3) is 0 Å². The lowest BCUT2D eigenvalue weighted by Gasteiger charge is -2.36. The number of nitrogens with zero attached hydrogens (tertiary/aromatic N) is 1. The van der Waals surface area contributed by atoms with E-state index in [1.165, 1.54) is 0 Å². The Hall–Kier alpha value is -0.650. The molecule has 2 saturated heterocycles. The Morgan fingerprint density at radius 2 is 1.78 bits per heavy atom.